The number of furan rings is 1. The average molecular weight is 770 g/mol. The van der Waals surface area contributed by atoms with Gasteiger partial charge in [0, 0.05) is 62.0 Å². The Morgan fingerprint density at radius 1 is 0.217 bits per heavy atom. The lowest BCUT2D eigenvalue weighted by Crippen LogP contribution is -2.14. The Labute approximate surface area is 349 Å². The van der Waals surface area contributed by atoms with Crippen molar-refractivity contribution in [2.24, 2.45) is 0 Å². The van der Waals surface area contributed by atoms with E-state index in [1.54, 1.807) is 0 Å². The molecule has 4 nitrogen and oxygen atoms in total. The zero-order valence-corrected chi connectivity index (χ0v) is 32.8. The number of rotatable bonds is 9. The first-order valence-electron chi connectivity index (χ1n) is 20.3. The van der Waals surface area contributed by atoms with Gasteiger partial charge in [-0.25, -0.2) is 0 Å². The van der Waals surface area contributed by atoms with Crippen LogP contribution in [0.15, 0.2) is 241 Å². The van der Waals surface area contributed by atoms with Gasteiger partial charge in [-0.2, -0.15) is 0 Å². The summed E-state index contributed by atoms with van der Waals surface area (Å²) in [6.45, 7) is 0. The molecule has 1 heterocycles. The summed E-state index contributed by atoms with van der Waals surface area (Å²) in [5.74, 6) is 0. The summed E-state index contributed by atoms with van der Waals surface area (Å²) in [5.41, 5.74) is 11.4. The van der Waals surface area contributed by atoms with Crippen molar-refractivity contribution in [3.05, 3.63) is 237 Å². The van der Waals surface area contributed by atoms with E-state index in [9.17, 15) is 0 Å². The minimum atomic E-state index is 0.906. The van der Waals surface area contributed by atoms with Crippen molar-refractivity contribution in [2.45, 2.75) is 0 Å². The Morgan fingerprint density at radius 2 is 0.600 bits per heavy atom. The minimum Gasteiger partial charge on any atom is -0.456 e. The van der Waals surface area contributed by atoms with Crippen molar-refractivity contribution in [2.75, 3.05) is 14.7 Å². The highest BCUT2D eigenvalue weighted by Crippen LogP contribution is 2.44. The summed E-state index contributed by atoms with van der Waals surface area (Å²) in [4.78, 5) is 7.02. The molecule has 11 rings (SSSR count). The van der Waals surface area contributed by atoms with E-state index in [0.29, 0.717) is 0 Å². The molecule has 10 aromatic carbocycles. The van der Waals surface area contributed by atoms with Gasteiger partial charge in [-0.05, 0) is 137 Å². The van der Waals surface area contributed by atoms with Crippen molar-refractivity contribution in [1.82, 2.24) is 0 Å². The predicted molar refractivity (Wildman–Crippen MR) is 253 cm³/mol. The standard InChI is InChI=1S/C56H39N3O/c1-5-17-42(18-6-1)57(43-19-7-2-8-20-43)46-25-15-26-47(36-46)58(44-21-9-3-10-22-44)48-27-16-28-49(37-48)59(45-23-11-4-12-24-45)50-34-33-40-31-32-41-35-56-54(39-53(41)52(40)38-50)51-29-13-14-30-55(51)60-56/h1-39H. The highest BCUT2D eigenvalue weighted by molar-refractivity contribution is 6.17. The molecular formula is C56H39N3O. The number of anilines is 9. The van der Waals surface area contributed by atoms with Gasteiger partial charge >= 0.3 is 0 Å². The molecule has 60 heavy (non-hydrogen) atoms. The van der Waals surface area contributed by atoms with Crippen LogP contribution in [0.2, 0.25) is 0 Å². The molecule has 0 radical (unpaired) electrons. The maximum absolute atomic E-state index is 6.29. The molecule has 0 aliphatic carbocycles. The van der Waals surface area contributed by atoms with Gasteiger partial charge in [0.05, 0.1) is 0 Å². The third-order valence-electron chi connectivity index (χ3n) is 11.3. The first kappa shape index (κ1) is 35.1. The van der Waals surface area contributed by atoms with Gasteiger partial charge in [0.2, 0.25) is 0 Å². The molecule has 284 valence electrons. The summed E-state index contributed by atoms with van der Waals surface area (Å²) in [5, 5.41) is 6.99. The normalized spacial score (nSPS) is 11.3. The van der Waals surface area contributed by atoms with Gasteiger partial charge in [0.1, 0.15) is 11.2 Å². The lowest BCUT2D eigenvalue weighted by molar-refractivity contribution is 0.669. The summed E-state index contributed by atoms with van der Waals surface area (Å²) in [7, 11) is 0. The summed E-state index contributed by atoms with van der Waals surface area (Å²) in [6, 6.07) is 84.1. The molecule has 0 spiro atoms. The summed E-state index contributed by atoms with van der Waals surface area (Å²) in [6.07, 6.45) is 0. The molecule has 0 fully saturated rings. The molecule has 0 atom stereocenters. The van der Waals surface area contributed by atoms with E-state index in [1.165, 1.54) is 16.2 Å². The van der Waals surface area contributed by atoms with Crippen LogP contribution in [0, 0.1) is 0 Å². The van der Waals surface area contributed by atoms with E-state index in [4.69, 9.17) is 4.42 Å². The SMILES string of the molecule is c1ccc(N(c2ccccc2)c2cccc(N(c3ccccc3)c3cccc(N(c4ccccc4)c4ccc5ccc6cc7oc8ccccc8c7cc6c5c4)c3)c2)cc1. The maximum atomic E-state index is 6.29. The molecule has 11 aromatic rings. The fraction of sp³-hybridized carbons (Fsp3) is 0. The van der Waals surface area contributed by atoms with Crippen molar-refractivity contribution < 1.29 is 4.42 Å². The number of para-hydroxylation sites is 5. The fourth-order valence-corrected chi connectivity index (χ4v) is 8.59. The number of hydrogen-bond donors (Lipinski definition) is 0. The second kappa shape index (κ2) is 15.0. The summed E-state index contributed by atoms with van der Waals surface area (Å²) < 4.78 is 6.29. The third-order valence-corrected chi connectivity index (χ3v) is 11.3. The number of fused-ring (bicyclic) bond motifs is 6. The molecule has 0 bridgehead atoms. The van der Waals surface area contributed by atoms with Crippen LogP contribution < -0.4 is 14.7 Å². The van der Waals surface area contributed by atoms with Crippen LogP contribution >= 0.6 is 0 Å². The van der Waals surface area contributed by atoms with Gasteiger partial charge in [0.25, 0.3) is 0 Å². The highest BCUT2D eigenvalue weighted by atomic mass is 16.3. The third kappa shape index (κ3) is 6.37. The topological polar surface area (TPSA) is 22.9 Å². The molecule has 0 N–H and O–H groups in total. The first-order chi connectivity index (χ1) is 29.7. The summed E-state index contributed by atoms with van der Waals surface area (Å²) >= 11 is 0. The largest absolute Gasteiger partial charge is 0.456 e. The van der Waals surface area contributed by atoms with Gasteiger partial charge in [-0.15, -0.1) is 0 Å². The van der Waals surface area contributed by atoms with E-state index in [-0.39, 0.29) is 0 Å². The van der Waals surface area contributed by atoms with E-state index in [2.05, 4.69) is 239 Å². The van der Waals surface area contributed by atoms with Crippen LogP contribution in [-0.2, 0) is 0 Å². The second-order valence-electron chi connectivity index (χ2n) is 15.0. The number of nitrogens with zero attached hydrogens (tertiary/aromatic N) is 3. The monoisotopic (exact) mass is 769 g/mol. The van der Waals surface area contributed by atoms with Crippen LogP contribution in [-0.4, -0.2) is 0 Å². The molecule has 1 aromatic heterocycles. The van der Waals surface area contributed by atoms with E-state index < -0.39 is 0 Å². The van der Waals surface area contributed by atoms with Gasteiger partial charge in [-0.1, -0.05) is 121 Å². The van der Waals surface area contributed by atoms with Crippen LogP contribution in [0.25, 0.3) is 43.5 Å². The zero-order chi connectivity index (χ0) is 39.8. The molecule has 0 saturated carbocycles. The van der Waals surface area contributed by atoms with Crippen molar-refractivity contribution in [3.8, 4) is 0 Å². The average Bonchev–Trinajstić information content (AvgIpc) is 3.68. The quantitative estimate of drug-likeness (QED) is 0.136. The Hall–Kier alpha value is -8.08. The number of hydrogen-bond acceptors (Lipinski definition) is 4. The Bertz CT molecular complexity index is 3230. The van der Waals surface area contributed by atoms with E-state index >= 15 is 0 Å². The second-order valence-corrected chi connectivity index (χ2v) is 15.0. The zero-order valence-electron chi connectivity index (χ0n) is 32.8. The Balaban J connectivity index is 1.06. The highest BCUT2D eigenvalue weighted by Gasteiger charge is 2.20. The van der Waals surface area contributed by atoms with Gasteiger partial charge in [-0.3, -0.25) is 0 Å². The minimum absolute atomic E-state index is 0.906. The van der Waals surface area contributed by atoms with Crippen LogP contribution in [0.4, 0.5) is 51.2 Å². The van der Waals surface area contributed by atoms with Crippen molar-refractivity contribution >= 4 is 94.7 Å². The Kier molecular flexibility index (Phi) is 8.79. The maximum Gasteiger partial charge on any atom is 0.136 e. The molecule has 0 unspecified atom stereocenters. The van der Waals surface area contributed by atoms with Gasteiger partial charge in [0.15, 0.2) is 0 Å². The van der Waals surface area contributed by atoms with Crippen LogP contribution in [0.3, 0.4) is 0 Å². The van der Waals surface area contributed by atoms with E-state index in [0.717, 1.165) is 78.5 Å². The van der Waals surface area contributed by atoms with E-state index in [1.807, 2.05) is 12.1 Å². The number of benzene rings is 10. The van der Waals surface area contributed by atoms with Crippen molar-refractivity contribution in [1.29, 1.82) is 0 Å². The molecule has 0 saturated heterocycles. The fourth-order valence-electron chi connectivity index (χ4n) is 8.59. The van der Waals surface area contributed by atoms with Crippen LogP contribution in [0.5, 0.6) is 0 Å². The Morgan fingerprint density at radius 3 is 1.12 bits per heavy atom. The molecule has 0 aliphatic heterocycles. The lowest BCUT2D eigenvalue weighted by Gasteiger charge is -2.31. The lowest BCUT2D eigenvalue weighted by atomic mass is 9.99. The van der Waals surface area contributed by atoms with Crippen molar-refractivity contribution in [3.63, 3.8) is 0 Å². The van der Waals surface area contributed by atoms with Gasteiger partial charge < -0.3 is 19.1 Å². The first-order valence-corrected chi connectivity index (χ1v) is 20.3. The molecule has 0 aliphatic rings. The smallest absolute Gasteiger partial charge is 0.136 e. The molecular weight excluding hydrogens is 731 g/mol. The van der Waals surface area contributed by atoms with Crippen LogP contribution in [0.1, 0.15) is 0 Å². The molecule has 4 heteroatoms. The molecule has 0 amide bonds. The predicted octanol–water partition coefficient (Wildman–Crippen LogP) is 16.3.